The summed E-state index contributed by atoms with van der Waals surface area (Å²) in [6, 6.07) is 3.75. The largest absolute Gasteiger partial charge is 0.493 e. The molecule has 0 aromatic carbocycles. The molecule has 0 saturated carbocycles. The highest BCUT2D eigenvalue weighted by molar-refractivity contribution is 5.81. The van der Waals surface area contributed by atoms with Gasteiger partial charge in [-0.05, 0) is 0 Å². The molecular weight excluding hydrogens is 286 g/mol. The molecule has 8 heteroatoms. The summed E-state index contributed by atoms with van der Waals surface area (Å²) in [4.78, 5) is 11.5. The molecule has 0 atom stereocenters. The molecule has 0 aliphatic heterocycles. The summed E-state index contributed by atoms with van der Waals surface area (Å²) in [6.07, 6.45) is 5.49. The van der Waals surface area contributed by atoms with Gasteiger partial charge in [-0.25, -0.2) is 10.4 Å². The van der Waals surface area contributed by atoms with E-state index in [1.807, 2.05) is 24.5 Å². The Kier molecular flexibility index (Phi) is 8.36. The molecule has 0 saturated heterocycles. The van der Waals surface area contributed by atoms with Crippen molar-refractivity contribution in [3.8, 4) is 5.75 Å². The van der Waals surface area contributed by atoms with E-state index in [-0.39, 0.29) is 25.6 Å². The quantitative estimate of drug-likeness (QED) is 0.145. The number of carbonyl (C=O) groups is 1. The van der Waals surface area contributed by atoms with Crippen molar-refractivity contribution in [2.24, 2.45) is 16.8 Å². The van der Waals surface area contributed by atoms with Gasteiger partial charge in [0.2, 0.25) is 0 Å². The minimum atomic E-state index is -0.342. The highest BCUT2D eigenvalue weighted by Gasteiger charge is 2.06. The fourth-order valence-electron chi connectivity index (χ4n) is 1.71. The van der Waals surface area contributed by atoms with E-state index >= 15 is 0 Å². The Hall–Kier alpha value is -2.35. The SMILES string of the molecule is CCC[n+]1ccc(OCCC(=O)OCC/C(=N/N)NN)cc1. The first-order chi connectivity index (χ1) is 10.7. The molecule has 0 radical (unpaired) electrons. The van der Waals surface area contributed by atoms with Gasteiger partial charge in [0.1, 0.15) is 18.1 Å². The second-order valence-electron chi connectivity index (χ2n) is 4.56. The lowest BCUT2D eigenvalue weighted by Gasteiger charge is -2.07. The number of hydrazine groups is 1. The summed E-state index contributed by atoms with van der Waals surface area (Å²) in [5.74, 6) is 11.0. The maximum absolute atomic E-state index is 11.5. The Bertz CT molecular complexity index is 476. The smallest absolute Gasteiger partial charge is 0.309 e. The standard InChI is InChI=1S/C14H24N5O3/c1-2-7-19-8-3-12(4-9-19)21-11-6-14(20)22-10-5-13(17-15)18-16/h3-4,8-9H,2,5-7,10-11,15-16H2,1H3,(H,17,18)/q+1. The molecule has 22 heavy (non-hydrogen) atoms. The van der Waals surface area contributed by atoms with Crippen LogP contribution in [0.3, 0.4) is 0 Å². The lowest BCUT2D eigenvalue weighted by atomic mass is 10.4. The Morgan fingerprint density at radius 2 is 2.05 bits per heavy atom. The molecule has 0 unspecified atom stereocenters. The number of hydrogen-bond donors (Lipinski definition) is 3. The molecule has 0 aliphatic rings. The maximum Gasteiger partial charge on any atom is 0.309 e. The van der Waals surface area contributed by atoms with Crippen molar-refractivity contribution in [1.82, 2.24) is 5.43 Å². The number of aryl methyl sites for hydroxylation is 1. The van der Waals surface area contributed by atoms with Gasteiger partial charge in [-0.15, -0.1) is 0 Å². The van der Waals surface area contributed by atoms with E-state index in [1.165, 1.54) is 0 Å². The van der Waals surface area contributed by atoms with Crippen LogP contribution < -0.4 is 26.4 Å². The molecule has 1 aromatic heterocycles. The summed E-state index contributed by atoms with van der Waals surface area (Å²) in [5.41, 5.74) is 2.31. The van der Waals surface area contributed by atoms with Gasteiger partial charge in [0.25, 0.3) is 0 Å². The van der Waals surface area contributed by atoms with Crippen molar-refractivity contribution < 1.29 is 18.8 Å². The Labute approximate surface area is 130 Å². The van der Waals surface area contributed by atoms with Crippen molar-refractivity contribution in [1.29, 1.82) is 0 Å². The molecule has 0 amide bonds. The predicted molar refractivity (Wildman–Crippen MR) is 81.6 cm³/mol. The molecule has 5 N–H and O–H groups in total. The Morgan fingerprint density at radius 1 is 1.32 bits per heavy atom. The number of hydrogen-bond acceptors (Lipinski definition) is 6. The molecular formula is C14H24N5O3+. The molecule has 8 nitrogen and oxygen atoms in total. The van der Waals surface area contributed by atoms with E-state index < -0.39 is 0 Å². The Morgan fingerprint density at radius 3 is 2.64 bits per heavy atom. The molecule has 0 fully saturated rings. The zero-order valence-corrected chi connectivity index (χ0v) is 12.8. The lowest BCUT2D eigenvalue weighted by Crippen LogP contribution is -2.32. The van der Waals surface area contributed by atoms with Gasteiger partial charge in [-0.2, -0.15) is 5.10 Å². The third-order valence-electron chi connectivity index (χ3n) is 2.84. The van der Waals surface area contributed by atoms with Gasteiger partial charge in [0.05, 0.1) is 19.6 Å². The van der Waals surface area contributed by atoms with Crippen LogP contribution in [0.5, 0.6) is 5.75 Å². The summed E-state index contributed by atoms with van der Waals surface area (Å²) >= 11 is 0. The number of hydrazone groups is 1. The number of pyridine rings is 1. The van der Waals surface area contributed by atoms with Crippen molar-refractivity contribution in [2.75, 3.05) is 13.2 Å². The molecule has 0 bridgehead atoms. The minimum Gasteiger partial charge on any atom is -0.493 e. The van der Waals surface area contributed by atoms with Gasteiger partial charge in [0.15, 0.2) is 12.4 Å². The maximum atomic E-state index is 11.5. The highest BCUT2D eigenvalue weighted by atomic mass is 16.5. The van der Waals surface area contributed by atoms with Crippen molar-refractivity contribution >= 4 is 11.8 Å². The van der Waals surface area contributed by atoms with Crippen LogP contribution in [0.25, 0.3) is 0 Å². The van der Waals surface area contributed by atoms with Crippen LogP contribution in [0.4, 0.5) is 0 Å². The summed E-state index contributed by atoms with van der Waals surface area (Å²) in [6.45, 7) is 3.53. The van der Waals surface area contributed by atoms with Gasteiger partial charge in [0, 0.05) is 25.0 Å². The number of rotatable bonds is 9. The van der Waals surface area contributed by atoms with Gasteiger partial charge < -0.3 is 20.7 Å². The first-order valence-corrected chi connectivity index (χ1v) is 7.20. The number of amidine groups is 1. The third kappa shape index (κ3) is 6.89. The lowest BCUT2D eigenvalue weighted by molar-refractivity contribution is -0.697. The van der Waals surface area contributed by atoms with Crippen LogP contribution in [0.15, 0.2) is 29.6 Å². The summed E-state index contributed by atoms with van der Waals surface area (Å²) in [5, 5.41) is 3.39. The number of carbonyl (C=O) groups excluding carboxylic acids is 1. The highest BCUT2D eigenvalue weighted by Crippen LogP contribution is 2.06. The van der Waals surface area contributed by atoms with Crippen molar-refractivity contribution in [2.45, 2.75) is 32.7 Å². The second-order valence-corrected chi connectivity index (χ2v) is 4.56. The number of esters is 1. The molecule has 0 spiro atoms. The minimum absolute atomic E-state index is 0.168. The first-order valence-electron chi connectivity index (χ1n) is 7.20. The zero-order chi connectivity index (χ0) is 16.2. The van der Waals surface area contributed by atoms with Gasteiger partial charge in [-0.3, -0.25) is 4.79 Å². The average molecular weight is 310 g/mol. The zero-order valence-electron chi connectivity index (χ0n) is 12.8. The summed E-state index contributed by atoms with van der Waals surface area (Å²) < 4.78 is 12.6. The van der Waals surface area contributed by atoms with Crippen LogP contribution in [0.1, 0.15) is 26.2 Å². The topological polar surface area (TPSA) is 116 Å². The van der Waals surface area contributed by atoms with E-state index in [1.54, 1.807) is 0 Å². The van der Waals surface area contributed by atoms with E-state index in [9.17, 15) is 4.79 Å². The van der Waals surface area contributed by atoms with Crippen LogP contribution in [0.2, 0.25) is 0 Å². The van der Waals surface area contributed by atoms with Crippen molar-refractivity contribution in [3.05, 3.63) is 24.5 Å². The number of nitrogens with two attached hydrogens (primary N) is 2. The second kappa shape index (κ2) is 10.4. The summed E-state index contributed by atoms with van der Waals surface area (Å²) in [7, 11) is 0. The number of nitrogens with one attached hydrogen (secondary N) is 1. The van der Waals surface area contributed by atoms with Crippen LogP contribution in [0, 0.1) is 0 Å². The van der Waals surface area contributed by atoms with E-state index in [0.717, 1.165) is 18.7 Å². The van der Waals surface area contributed by atoms with Crippen LogP contribution in [-0.2, 0) is 16.1 Å². The van der Waals surface area contributed by atoms with Gasteiger partial charge >= 0.3 is 5.97 Å². The number of ether oxygens (including phenoxy) is 2. The fourth-order valence-corrected chi connectivity index (χ4v) is 1.71. The molecule has 122 valence electrons. The first kappa shape index (κ1) is 17.7. The number of aromatic nitrogens is 1. The normalized spacial score (nSPS) is 11.1. The van der Waals surface area contributed by atoms with E-state index in [4.69, 9.17) is 21.2 Å². The van der Waals surface area contributed by atoms with Gasteiger partial charge in [-0.1, -0.05) is 6.92 Å². The Balaban J connectivity index is 2.19. The monoisotopic (exact) mass is 310 g/mol. The fraction of sp³-hybridized carbons (Fsp3) is 0.500. The van der Waals surface area contributed by atoms with E-state index in [0.29, 0.717) is 12.3 Å². The third-order valence-corrected chi connectivity index (χ3v) is 2.84. The van der Waals surface area contributed by atoms with Crippen molar-refractivity contribution in [3.63, 3.8) is 0 Å². The van der Waals surface area contributed by atoms with Crippen LogP contribution >= 0.6 is 0 Å². The molecule has 1 rings (SSSR count). The predicted octanol–water partition coefficient (Wildman–Crippen LogP) is -0.178. The molecule has 0 aliphatic carbocycles. The average Bonchev–Trinajstić information content (AvgIpc) is 2.53. The van der Waals surface area contributed by atoms with E-state index in [2.05, 4.69) is 22.0 Å². The molecule has 1 heterocycles. The molecule has 1 aromatic rings. The van der Waals surface area contributed by atoms with Crippen LogP contribution in [-0.4, -0.2) is 25.0 Å². The number of nitrogens with zero attached hydrogens (tertiary/aromatic N) is 2.